The molecule has 4 heteroatoms. The summed E-state index contributed by atoms with van der Waals surface area (Å²) >= 11 is 1.36. The number of anilines is 2. The SMILES string of the molecule is [C-]#[N+]c1c(N)sc(C)c1N. The van der Waals surface area contributed by atoms with Crippen molar-refractivity contribution in [1.82, 2.24) is 0 Å². The third-order valence-corrected chi connectivity index (χ3v) is 2.18. The summed E-state index contributed by atoms with van der Waals surface area (Å²) in [6.07, 6.45) is 0. The molecular weight excluding hydrogens is 146 g/mol. The average molecular weight is 153 g/mol. The Morgan fingerprint density at radius 2 is 2.10 bits per heavy atom. The second-order valence-corrected chi connectivity index (χ2v) is 3.15. The van der Waals surface area contributed by atoms with Crippen LogP contribution < -0.4 is 11.5 Å². The number of nitrogens with zero attached hydrogens (tertiary/aromatic N) is 1. The minimum atomic E-state index is 0.405. The predicted molar refractivity (Wildman–Crippen MR) is 44.1 cm³/mol. The molecule has 52 valence electrons. The monoisotopic (exact) mass is 153 g/mol. The summed E-state index contributed by atoms with van der Waals surface area (Å²) in [4.78, 5) is 4.12. The van der Waals surface area contributed by atoms with Gasteiger partial charge in [-0.05, 0) is 6.92 Å². The van der Waals surface area contributed by atoms with Crippen molar-refractivity contribution >= 4 is 27.7 Å². The van der Waals surface area contributed by atoms with Crippen LogP contribution in [-0.4, -0.2) is 0 Å². The van der Waals surface area contributed by atoms with Crippen LogP contribution in [0.3, 0.4) is 0 Å². The molecule has 0 saturated carbocycles. The Hall–Kier alpha value is -1.21. The van der Waals surface area contributed by atoms with Crippen molar-refractivity contribution in [3.05, 3.63) is 16.3 Å². The van der Waals surface area contributed by atoms with Gasteiger partial charge in [0, 0.05) is 4.88 Å². The second-order valence-electron chi connectivity index (χ2n) is 1.90. The van der Waals surface area contributed by atoms with Gasteiger partial charge in [-0.1, -0.05) is 0 Å². The first-order valence-electron chi connectivity index (χ1n) is 2.68. The molecular formula is C6H7N3S. The van der Waals surface area contributed by atoms with Gasteiger partial charge in [-0.2, -0.15) is 0 Å². The summed E-state index contributed by atoms with van der Waals surface area (Å²) in [7, 11) is 0. The van der Waals surface area contributed by atoms with E-state index in [-0.39, 0.29) is 0 Å². The predicted octanol–water partition coefficient (Wildman–Crippen LogP) is 1.77. The minimum absolute atomic E-state index is 0.405. The minimum Gasteiger partial charge on any atom is -0.406 e. The summed E-state index contributed by atoms with van der Waals surface area (Å²) in [5.74, 6) is 0. The van der Waals surface area contributed by atoms with Crippen LogP contribution in [0.15, 0.2) is 0 Å². The molecule has 3 nitrogen and oxygen atoms in total. The first-order chi connectivity index (χ1) is 4.66. The smallest absolute Gasteiger partial charge is 0.242 e. The van der Waals surface area contributed by atoms with E-state index in [0.29, 0.717) is 16.4 Å². The molecule has 1 rings (SSSR count). The topological polar surface area (TPSA) is 56.4 Å². The third kappa shape index (κ3) is 0.807. The van der Waals surface area contributed by atoms with E-state index in [9.17, 15) is 0 Å². The van der Waals surface area contributed by atoms with Gasteiger partial charge < -0.3 is 11.5 Å². The molecule has 0 aliphatic carbocycles. The van der Waals surface area contributed by atoms with Crippen molar-refractivity contribution in [2.75, 3.05) is 11.5 Å². The molecule has 0 amide bonds. The number of aryl methyl sites for hydroxylation is 1. The molecule has 0 atom stereocenters. The molecule has 1 aromatic rings. The Kier molecular flexibility index (Phi) is 1.52. The average Bonchev–Trinajstić information content (AvgIpc) is 2.09. The van der Waals surface area contributed by atoms with Crippen molar-refractivity contribution in [3.8, 4) is 0 Å². The maximum atomic E-state index is 6.71. The van der Waals surface area contributed by atoms with Crippen LogP contribution >= 0.6 is 11.3 Å². The molecule has 0 bridgehead atoms. The Balaban J connectivity index is 3.37. The van der Waals surface area contributed by atoms with Crippen molar-refractivity contribution in [2.45, 2.75) is 6.92 Å². The standard InChI is InChI=1S/C6H7N3S/c1-3-4(7)5(9-2)6(8)10-3/h7-8H2,1H3. The van der Waals surface area contributed by atoms with E-state index in [1.807, 2.05) is 6.92 Å². The molecule has 0 aliphatic rings. The summed E-state index contributed by atoms with van der Waals surface area (Å²) in [5, 5.41) is 0.519. The molecule has 0 saturated heterocycles. The normalized spacial score (nSPS) is 9.20. The number of hydrogen-bond donors (Lipinski definition) is 2. The van der Waals surface area contributed by atoms with Gasteiger partial charge in [-0.3, -0.25) is 0 Å². The van der Waals surface area contributed by atoms with Gasteiger partial charge >= 0.3 is 0 Å². The Morgan fingerprint density at radius 3 is 2.30 bits per heavy atom. The van der Waals surface area contributed by atoms with Crippen LogP contribution in [0.25, 0.3) is 4.85 Å². The van der Waals surface area contributed by atoms with E-state index in [4.69, 9.17) is 18.0 Å². The van der Waals surface area contributed by atoms with Crippen molar-refractivity contribution in [2.24, 2.45) is 0 Å². The lowest BCUT2D eigenvalue weighted by Crippen LogP contribution is -1.83. The van der Waals surface area contributed by atoms with E-state index < -0.39 is 0 Å². The maximum absolute atomic E-state index is 6.71. The highest BCUT2D eigenvalue weighted by Crippen LogP contribution is 2.39. The highest BCUT2D eigenvalue weighted by atomic mass is 32.1. The Morgan fingerprint density at radius 1 is 1.50 bits per heavy atom. The lowest BCUT2D eigenvalue weighted by molar-refractivity contribution is 1.63. The van der Waals surface area contributed by atoms with Crippen molar-refractivity contribution in [1.29, 1.82) is 0 Å². The van der Waals surface area contributed by atoms with Crippen molar-refractivity contribution < 1.29 is 0 Å². The highest BCUT2D eigenvalue weighted by molar-refractivity contribution is 7.17. The number of rotatable bonds is 0. The van der Waals surface area contributed by atoms with Crippen LogP contribution in [0.1, 0.15) is 4.88 Å². The summed E-state index contributed by atoms with van der Waals surface area (Å²) < 4.78 is 0. The largest absolute Gasteiger partial charge is 0.406 e. The molecule has 0 aliphatic heterocycles. The molecule has 0 fully saturated rings. The van der Waals surface area contributed by atoms with E-state index >= 15 is 0 Å². The third-order valence-electron chi connectivity index (χ3n) is 1.24. The molecule has 1 heterocycles. The zero-order valence-corrected chi connectivity index (χ0v) is 6.33. The second kappa shape index (κ2) is 2.20. The zero-order valence-electron chi connectivity index (χ0n) is 5.51. The summed E-state index contributed by atoms with van der Waals surface area (Å²) in [6.45, 7) is 8.56. The van der Waals surface area contributed by atoms with Gasteiger partial charge in [-0.15, -0.1) is 11.3 Å². The fraction of sp³-hybridized carbons (Fsp3) is 0.167. The number of thiophene rings is 1. The van der Waals surface area contributed by atoms with Crippen LogP contribution in [0.4, 0.5) is 16.4 Å². The lowest BCUT2D eigenvalue weighted by atomic mass is 10.4. The van der Waals surface area contributed by atoms with Gasteiger partial charge in [0.05, 0.1) is 17.3 Å². The van der Waals surface area contributed by atoms with E-state index in [0.717, 1.165) is 4.88 Å². The molecule has 4 N–H and O–H groups in total. The Labute approximate surface area is 63.1 Å². The van der Waals surface area contributed by atoms with Gasteiger partial charge in [-0.25, -0.2) is 4.85 Å². The number of nitrogen functional groups attached to an aromatic ring is 2. The number of hydrogen-bond acceptors (Lipinski definition) is 3. The molecule has 0 unspecified atom stereocenters. The van der Waals surface area contributed by atoms with Crippen molar-refractivity contribution in [3.63, 3.8) is 0 Å². The molecule has 0 aromatic carbocycles. The first kappa shape index (κ1) is 6.90. The summed E-state index contributed by atoms with van der Waals surface area (Å²) in [5.41, 5.74) is 11.9. The van der Waals surface area contributed by atoms with Crippen LogP contribution in [0.2, 0.25) is 0 Å². The fourth-order valence-electron chi connectivity index (χ4n) is 0.683. The maximum Gasteiger partial charge on any atom is 0.242 e. The van der Waals surface area contributed by atoms with Gasteiger partial charge in [0.25, 0.3) is 0 Å². The molecule has 10 heavy (non-hydrogen) atoms. The zero-order chi connectivity index (χ0) is 7.72. The van der Waals surface area contributed by atoms with Gasteiger partial charge in [0.1, 0.15) is 0 Å². The van der Waals surface area contributed by atoms with E-state index in [1.54, 1.807) is 0 Å². The Bertz CT molecular complexity index is 295. The highest BCUT2D eigenvalue weighted by Gasteiger charge is 2.09. The lowest BCUT2D eigenvalue weighted by Gasteiger charge is -1.87. The van der Waals surface area contributed by atoms with Crippen LogP contribution in [0, 0.1) is 13.5 Å². The first-order valence-corrected chi connectivity index (χ1v) is 3.50. The molecule has 1 aromatic heterocycles. The van der Waals surface area contributed by atoms with E-state index in [1.165, 1.54) is 11.3 Å². The molecule has 0 spiro atoms. The van der Waals surface area contributed by atoms with E-state index in [2.05, 4.69) is 4.85 Å². The molecule has 0 radical (unpaired) electrons. The number of nitrogens with two attached hydrogens (primary N) is 2. The van der Waals surface area contributed by atoms with Gasteiger partial charge in [0.15, 0.2) is 0 Å². The summed E-state index contributed by atoms with van der Waals surface area (Å²) in [6, 6.07) is 0. The van der Waals surface area contributed by atoms with Crippen LogP contribution in [-0.2, 0) is 0 Å². The van der Waals surface area contributed by atoms with Crippen LogP contribution in [0.5, 0.6) is 0 Å². The quantitative estimate of drug-likeness (QED) is 0.558. The fourth-order valence-corrected chi connectivity index (χ4v) is 1.47. The van der Waals surface area contributed by atoms with Gasteiger partial charge in [0.2, 0.25) is 5.69 Å².